The fourth-order valence-corrected chi connectivity index (χ4v) is 2.86. The third-order valence-electron chi connectivity index (χ3n) is 4.17. The van der Waals surface area contributed by atoms with Crippen molar-refractivity contribution in [1.29, 1.82) is 0 Å². The molecule has 5 heteroatoms. The van der Waals surface area contributed by atoms with Gasteiger partial charge in [-0.1, -0.05) is 24.3 Å². The van der Waals surface area contributed by atoms with E-state index in [0.29, 0.717) is 17.2 Å². The summed E-state index contributed by atoms with van der Waals surface area (Å²) in [7, 11) is 1.61. The molecule has 136 valence electrons. The van der Waals surface area contributed by atoms with Crippen molar-refractivity contribution in [2.45, 2.75) is 32.9 Å². The first kappa shape index (κ1) is 17.9. The smallest absolute Gasteiger partial charge is 0.268 e. The highest BCUT2D eigenvalue weighted by atomic mass is 16.5. The standard InChI is InChI=1S/C21H24N2O3/c1-13(2)26-19-10-9-15(12-20(19)25-4)14(3)22-21(24)18-11-16-7-5-6-8-17(16)23-18/h5-14,23H,1-4H3,(H,22,24). The van der Waals surface area contributed by atoms with Gasteiger partial charge in [0.25, 0.3) is 5.91 Å². The van der Waals surface area contributed by atoms with Crippen molar-refractivity contribution in [2.75, 3.05) is 7.11 Å². The van der Waals surface area contributed by atoms with Gasteiger partial charge in [-0.2, -0.15) is 0 Å². The highest BCUT2D eigenvalue weighted by Gasteiger charge is 2.16. The highest BCUT2D eigenvalue weighted by Crippen LogP contribution is 2.31. The summed E-state index contributed by atoms with van der Waals surface area (Å²) in [6.07, 6.45) is 0.0638. The predicted molar refractivity (Wildman–Crippen MR) is 103 cm³/mol. The molecular weight excluding hydrogens is 328 g/mol. The lowest BCUT2D eigenvalue weighted by atomic mass is 10.1. The van der Waals surface area contributed by atoms with E-state index in [1.54, 1.807) is 7.11 Å². The van der Waals surface area contributed by atoms with Crippen LogP contribution in [0.15, 0.2) is 48.5 Å². The van der Waals surface area contributed by atoms with E-state index in [1.165, 1.54) is 0 Å². The number of carbonyl (C=O) groups is 1. The van der Waals surface area contributed by atoms with E-state index >= 15 is 0 Å². The molecule has 0 fully saturated rings. The van der Waals surface area contributed by atoms with Crippen molar-refractivity contribution >= 4 is 16.8 Å². The van der Waals surface area contributed by atoms with Crippen molar-refractivity contribution in [3.63, 3.8) is 0 Å². The Morgan fingerprint density at radius 1 is 1.04 bits per heavy atom. The fraction of sp³-hybridized carbons (Fsp3) is 0.286. The topological polar surface area (TPSA) is 63.3 Å². The van der Waals surface area contributed by atoms with Crippen molar-refractivity contribution in [3.8, 4) is 11.5 Å². The van der Waals surface area contributed by atoms with Crippen LogP contribution in [0.25, 0.3) is 10.9 Å². The molecule has 0 aliphatic carbocycles. The Morgan fingerprint density at radius 2 is 1.81 bits per heavy atom. The van der Waals surface area contributed by atoms with Crippen LogP contribution in [0.5, 0.6) is 11.5 Å². The Balaban J connectivity index is 1.76. The maximum Gasteiger partial charge on any atom is 0.268 e. The molecule has 1 atom stereocenters. The summed E-state index contributed by atoms with van der Waals surface area (Å²) in [5, 5.41) is 4.03. The van der Waals surface area contributed by atoms with Crippen molar-refractivity contribution in [2.24, 2.45) is 0 Å². The summed E-state index contributed by atoms with van der Waals surface area (Å²) in [6.45, 7) is 5.88. The van der Waals surface area contributed by atoms with Gasteiger partial charge < -0.3 is 19.8 Å². The van der Waals surface area contributed by atoms with Crippen LogP contribution in [0, 0.1) is 0 Å². The number of para-hydroxylation sites is 1. The summed E-state index contributed by atoms with van der Waals surface area (Å²) >= 11 is 0. The monoisotopic (exact) mass is 352 g/mol. The molecule has 1 unspecified atom stereocenters. The molecule has 0 saturated heterocycles. The number of carbonyl (C=O) groups excluding carboxylic acids is 1. The third-order valence-corrected chi connectivity index (χ3v) is 4.17. The van der Waals surface area contributed by atoms with Crippen molar-refractivity contribution in [1.82, 2.24) is 10.3 Å². The number of methoxy groups -OCH3 is 1. The second-order valence-corrected chi connectivity index (χ2v) is 6.54. The molecule has 26 heavy (non-hydrogen) atoms. The lowest BCUT2D eigenvalue weighted by Gasteiger charge is -2.18. The summed E-state index contributed by atoms with van der Waals surface area (Å²) < 4.78 is 11.2. The number of rotatable bonds is 6. The van der Waals surface area contributed by atoms with E-state index in [2.05, 4.69) is 10.3 Å². The molecule has 0 saturated carbocycles. The lowest BCUT2D eigenvalue weighted by Crippen LogP contribution is -2.26. The number of fused-ring (bicyclic) bond motifs is 1. The van der Waals surface area contributed by atoms with Gasteiger partial charge >= 0.3 is 0 Å². The molecule has 0 aliphatic heterocycles. The van der Waals surface area contributed by atoms with E-state index in [1.807, 2.05) is 69.3 Å². The Hall–Kier alpha value is -2.95. The molecule has 3 rings (SSSR count). The minimum atomic E-state index is -0.170. The minimum absolute atomic E-state index is 0.0638. The molecule has 0 radical (unpaired) electrons. The van der Waals surface area contributed by atoms with Crippen LogP contribution in [0.1, 0.15) is 42.9 Å². The maximum atomic E-state index is 12.6. The van der Waals surface area contributed by atoms with Gasteiger partial charge in [0.1, 0.15) is 5.69 Å². The summed E-state index contributed by atoms with van der Waals surface area (Å²) in [4.78, 5) is 15.7. The van der Waals surface area contributed by atoms with E-state index in [0.717, 1.165) is 16.5 Å². The lowest BCUT2D eigenvalue weighted by molar-refractivity contribution is 0.0935. The number of aromatic amines is 1. The molecule has 1 heterocycles. The zero-order valence-electron chi connectivity index (χ0n) is 15.5. The Bertz CT molecular complexity index is 882. The zero-order chi connectivity index (χ0) is 18.7. The SMILES string of the molecule is COc1cc(C(C)NC(=O)c2cc3ccccc3[nH]2)ccc1OC(C)C. The largest absolute Gasteiger partial charge is 0.493 e. The van der Waals surface area contributed by atoms with E-state index in [-0.39, 0.29) is 18.1 Å². The fourth-order valence-electron chi connectivity index (χ4n) is 2.86. The highest BCUT2D eigenvalue weighted by molar-refractivity contribution is 5.98. The van der Waals surface area contributed by atoms with Gasteiger partial charge in [0.2, 0.25) is 0 Å². The van der Waals surface area contributed by atoms with Crippen LogP contribution in [-0.2, 0) is 0 Å². The predicted octanol–water partition coefficient (Wildman–Crippen LogP) is 4.45. The first-order valence-corrected chi connectivity index (χ1v) is 8.71. The van der Waals surface area contributed by atoms with Crippen LogP contribution >= 0.6 is 0 Å². The van der Waals surface area contributed by atoms with E-state index in [4.69, 9.17) is 9.47 Å². The Morgan fingerprint density at radius 3 is 2.50 bits per heavy atom. The number of benzene rings is 2. The average Bonchev–Trinajstić information content (AvgIpc) is 3.05. The van der Waals surface area contributed by atoms with E-state index in [9.17, 15) is 4.79 Å². The third kappa shape index (κ3) is 3.82. The Kier molecular flexibility index (Phi) is 5.16. The molecular formula is C21H24N2O3. The van der Waals surface area contributed by atoms with Gasteiger partial charge in [-0.3, -0.25) is 4.79 Å². The number of aromatic nitrogens is 1. The van der Waals surface area contributed by atoms with Gasteiger partial charge in [-0.15, -0.1) is 0 Å². The normalized spacial score (nSPS) is 12.2. The number of ether oxygens (including phenoxy) is 2. The number of amides is 1. The van der Waals surface area contributed by atoms with Crippen molar-refractivity contribution in [3.05, 3.63) is 59.8 Å². The molecule has 5 nitrogen and oxygen atoms in total. The first-order valence-electron chi connectivity index (χ1n) is 8.71. The van der Waals surface area contributed by atoms with Gasteiger partial charge in [0, 0.05) is 10.9 Å². The van der Waals surface area contributed by atoms with Gasteiger partial charge in [0.15, 0.2) is 11.5 Å². The molecule has 3 aromatic rings. The minimum Gasteiger partial charge on any atom is -0.493 e. The van der Waals surface area contributed by atoms with Gasteiger partial charge in [-0.25, -0.2) is 0 Å². The molecule has 0 aliphatic rings. The maximum absolute atomic E-state index is 12.6. The van der Waals surface area contributed by atoms with Crippen LogP contribution in [0.4, 0.5) is 0 Å². The second-order valence-electron chi connectivity index (χ2n) is 6.54. The summed E-state index contributed by atoms with van der Waals surface area (Å²) in [6, 6.07) is 15.2. The number of H-pyrrole nitrogens is 1. The molecule has 0 spiro atoms. The van der Waals surface area contributed by atoms with Crippen LogP contribution in [0.3, 0.4) is 0 Å². The quantitative estimate of drug-likeness (QED) is 0.689. The van der Waals surface area contributed by atoms with Crippen molar-refractivity contribution < 1.29 is 14.3 Å². The van der Waals surface area contributed by atoms with Gasteiger partial charge in [0.05, 0.1) is 19.3 Å². The summed E-state index contributed by atoms with van der Waals surface area (Å²) in [5.74, 6) is 1.21. The van der Waals surface area contributed by atoms with Gasteiger partial charge in [-0.05, 0) is 50.6 Å². The summed E-state index contributed by atoms with van der Waals surface area (Å²) in [5.41, 5.74) is 2.44. The first-order chi connectivity index (χ1) is 12.5. The number of hydrogen-bond donors (Lipinski definition) is 2. The Labute approximate surface area is 153 Å². The number of nitrogens with one attached hydrogen (secondary N) is 2. The molecule has 2 N–H and O–H groups in total. The van der Waals surface area contributed by atoms with Crippen LogP contribution < -0.4 is 14.8 Å². The zero-order valence-corrected chi connectivity index (χ0v) is 15.5. The molecule has 1 amide bonds. The number of hydrogen-bond acceptors (Lipinski definition) is 3. The molecule has 0 bridgehead atoms. The van der Waals surface area contributed by atoms with Crippen LogP contribution in [-0.4, -0.2) is 24.1 Å². The second kappa shape index (κ2) is 7.52. The van der Waals surface area contributed by atoms with Crippen LogP contribution in [0.2, 0.25) is 0 Å². The van der Waals surface area contributed by atoms with E-state index < -0.39 is 0 Å². The average molecular weight is 352 g/mol. The molecule has 2 aromatic carbocycles. The molecule has 1 aromatic heterocycles.